The molecular weight excluding hydrogens is 186 g/mol. The van der Waals surface area contributed by atoms with Crippen molar-refractivity contribution < 1.29 is 8.42 Å². The molecule has 1 aromatic rings. The highest BCUT2D eigenvalue weighted by Gasteiger charge is 2.24. The summed E-state index contributed by atoms with van der Waals surface area (Å²) in [5, 5.41) is 0. The molecule has 1 atom stereocenters. The second-order valence-corrected chi connectivity index (χ2v) is 4.65. The van der Waals surface area contributed by atoms with Gasteiger partial charge in [0.05, 0.1) is 5.75 Å². The highest BCUT2D eigenvalue weighted by Crippen LogP contribution is 2.21. The van der Waals surface area contributed by atoms with Crippen LogP contribution in [0.25, 0.3) is 0 Å². The van der Waals surface area contributed by atoms with E-state index in [-0.39, 0.29) is 11.7 Å². The van der Waals surface area contributed by atoms with E-state index in [2.05, 4.69) is 10.5 Å². The van der Waals surface area contributed by atoms with E-state index in [1.165, 1.54) is 6.21 Å². The normalized spacial score (nSPS) is 24.8. The molecule has 0 saturated heterocycles. The van der Waals surface area contributed by atoms with E-state index in [4.69, 9.17) is 0 Å². The van der Waals surface area contributed by atoms with Crippen LogP contribution in [-0.4, -0.2) is 20.4 Å². The standard InChI is InChI=1S/C9H8NO2S/c11-13(12)7-9(6-10-13)8-4-2-1-3-5-8/h1-2,4-6,9H,7H2. The quantitative estimate of drug-likeness (QED) is 0.669. The van der Waals surface area contributed by atoms with Gasteiger partial charge in [-0.1, -0.05) is 24.3 Å². The molecule has 67 valence electrons. The Balaban J connectivity index is 2.29. The lowest BCUT2D eigenvalue weighted by molar-refractivity contribution is 0.599. The summed E-state index contributed by atoms with van der Waals surface area (Å²) < 4.78 is 25.5. The van der Waals surface area contributed by atoms with Crippen molar-refractivity contribution in [2.45, 2.75) is 5.92 Å². The van der Waals surface area contributed by atoms with Gasteiger partial charge in [-0.25, -0.2) is 8.42 Å². The predicted octanol–water partition coefficient (Wildman–Crippen LogP) is 0.985. The lowest BCUT2D eigenvalue weighted by Gasteiger charge is -2.03. The maximum atomic E-state index is 11.0. The first-order valence-corrected chi connectivity index (χ1v) is 5.52. The van der Waals surface area contributed by atoms with Crippen molar-refractivity contribution in [1.29, 1.82) is 0 Å². The smallest absolute Gasteiger partial charge is 0.205 e. The molecule has 0 amide bonds. The number of sulfonamides is 1. The van der Waals surface area contributed by atoms with E-state index >= 15 is 0 Å². The van der Waals surface area contributed by atoms with Gasteiger partial charge in [0, 0.05) is 12.1 Å². The van der Waals surface area contributed by atoms with Crippen LogP contribution >= 0.6 is 0 Å². The van der Waals surface area contributed by atoms with Crippen LogP contribution in [0.5, 0.6) is 0 Å². The van der Waals surface area contributed by atoms with Gasteiger partial charge < -0.3 is 0 Å². The zero-order chi connectivity index (χ0) is 9.31. The van der Waals surface area contributed by atoms with Gasteiger partial charge in [0.15, 0.2) is 0 Å². The molecule has 1 aliphatic heterocycles. The summed E-state index contributed by atoms with van der Waals surface area (Å²) in [6, 6.07) is 10.2. The van der Waals surface area contributed by atoms with Crippen molar-refractivity contribution in [3.8, 4) is 0 Å². The SMILES string of the molecule is O=S1(=O)CC(c2c[c]ccc2)C=N1. The fourth-order valence-electron chi connectivity index (χ4n) is 1.30. The van der Waals surface area contributed by atoms with Crippen LogP contribution in [0.2, 0.25) is 0 Å². The van der Waals surface area contributed by atoms with E-state index in [1.807, 2.05) is 12.1 Å². The number of rotatable bonds is 1. The Morgan fingerprint density at radius 1 is 1.54 bits per heavy atom. The third-order valence-electron chi connectivity index (χ3n) is 1.95. The number of nitrogens with zero attached hydrogens (tertiary/aromatic N) is 1. The average molecular weight is 194 g/mol. The Bertz CT molecular complexity index is 422. The fraction of sp³-hybridized carbons (Fsp3) is 0.222. The van der Waals surface area contributed by atoms with E-state index in [1.54, 1.807) is 12.1 Å². The zero-order valence-corrected chi connectivity index (χ0v) is 7.66. The summed E-state index contributed by atoms with van der Waals surface area (Å²) in [5.41, 5.74) is 0.951. The molecule has 1 unspecified atom stereocenters. The van der Waals surface area contributed by atoms with Crippen LogP contribution in [0.4, 0.5) is 0 Å². The lowest BCUT2D eigenvalue weighted by atomic mass is 10.0. The maximum absolute atomic E-state index is 11.0. The maximum Gasteiger partial charge on any atom is 0.253 e. The van der Waals surface area contributed by atoms with Crippen molar-refractivity contribution >= 4 is 16.2 Å². The largest absolute Gasteiger partial charge is 0.253 e. The molecule has 0 N–H and O–H groups in total. The Morgan fingerprint density at radius 2 is 2.38 bits per heavy atom. The highest BCUT2D eigenvalue weighted by molar-refractivity contribution is 7.90. The molecule has 13 heavy (non-hydrogen) atoms. The first-order chi connectivity index (χ1) is 6.17. The number of hydrogen-bond donors (Lipinski definition) is 0. The lowest BCUT2D eigenvalue weighted by Crippen LogP contribution is -2.05. The van der Waals surface area contributed by atoms with Crippen LogP contribution < -0.4 is 0 Å². The summed E-state index contributed by atoms with van der Waals surface area (Å²) in [6.07, 6.45) is 1.48. The molecule has 1 aliphatic rings. The Kier molecular flexibility index (Phi) is 1.92. The molecular formula is C9H8NO2S. The van der Waals surface area contributed by atoms with E-state index in [0.29, 0.717) is 0 Å². The van der Waals surface area contributed by atoms with Gasteiger partial charge in [0.1, 0.15) is 0 Å². The van der Waals surface area contributed by atoms with Gasteiger partial charge in [-0.15, -0.1) is 0 Å². The minimum atomic E-state index is -3.19. The molecule has 2 rings (SSSR count). The minimum absolute atomic E-state index is 0.0881. The van der Waals surface area contributed by atoms with Crippen LogP contribution in [0.15, 0.2) is 28.7 Å². The molecule has 0 saturated carbocycles. The monoisotopic (exact) mass is 194 g/mol. The molecule has 3 nitrogen and oxygen atoms in total. The van der Waals surface area contributed by atoms with Crippen LogP contribution in [-0.2, 0) is 10.0 Å². The zero-order valence-electron chi connectivity index (χ0n) is 6.84. The predicted molar refractivity (Wildman–Crippen MR) is 50.3 cm³/mol. The number of benzene rings is 1. The van der Waals surface area contributed by atoms with Gasteiger partial charge >= 0.3 is 0 Å². The molecule has 1 radical (unpaired) electrons. The second kappa shape index (κ2) is 2.96. The summed E-state index contributed by atoms with van der Waals surface area (Å²) in [6.45, 7) is 0. The first kappa shape index (κ1) is 8.44. The van der Waals surface area contributed by atoms with Crippen molar-refractivity contribution in [1.82, 2.24) is 0 Å². The van der Waals surface area contributed by atoms with Crippen molar-refractivity contribution in [2.24, 2.45) is 4.40 Å². The van der Waals surface area contributed by atoms with Gasteiger partial charge in [-0.3, -0.25) is 0 Å². The Hall–Kier alpha value is -1.16. The molecule has 0 spiro atoms. The average Bonchev–Trinajstić information content (AvgIpc) is 2.48. The van der Waals surface area contributed by atoms with E-state index in [9.17, 15) is 8.42 Å². The van der Waals surface area contributed by atoms with Crippen LogP contribution in [0.1, 0.15) is 11.5 Å². The second-order valence-electron chi connectivity index (χ2n) is 2.95. The Labute approximate surface area is 77.2 Å². The Morgan fingerprint density at radius 3 is 2.92 bits per heavy atom. The van der Waals surface area contributed by atoms with Gasteiger partial charge in [-0.2, -0.15) is 4.40 Å². The molecule has 0 aromatic heterocycles. The van der Waals surface area contributed by atoms with Crippen LogP contribution in [0.3, 0.4) is 0 Å². The van der Waals surface area contributed by atoms with Crippen LogP contribution in [0, 0.1) is 6.07 Å². The molecule has 0 bridgehead atoms. The van der Waals surface area contributed by atoms with Gasteiger partial charge in [0.25, 0.3) is 10.0 Å². The van der Waals surface area contributed by atoms with Gasteiger partial charge in [0.2, 0.25) is 0 Å². The summed E-state index contributed by atoms with van der Waals surface area (Å²) in [5.74, 6) is -0.00681. The molecule has 0 aliphatic carbocycles. The van der Waals surface area contributed by atoms with Crippen molar-refractivity contribution in [2.75, 3.05) is 5.75 Å². The topological polar surface area (TPSA) is 46.5 Å². The molecule has 1 heterocycles. The minimum Gasteiger partial charge on any atom is -0.205 e. The van der Waals surface area contributed by atoms with Crippen molar-refractivity contribution in [3.05, 3.63) is 35.9 Å². The molecule has 4 heteroatoms. The number of hydrogen-bond acceptors (Lipinski definition) is 2. The van der Waals surface area contributed by atoms with E-state index in [0.717, 1.165) is 5.56 Å². The third-order valence-corrected chi connectivity index (χ3v) is 3.17. The summed E-state index contributed by atoms with van der Waals surface area (Å²) in [4.78, 5) is 0. The fourth-order valence-corrected chi connectivity index (χ4v) is 2.45. The summed E-state index contributed by atoms with van der Waals surface area (Å²) in [7, 11) is -3.19. The van der Waals surface area contributed by atoms with Gasteiger partial charge in [-0.05, 0) is 11.6 Å². The summed E-state index contributed by atoms with van der Waals surface area (Å²) >= 11 is 0. The first-order valence-electron chi connectivity index (χ1n) is 3.91. The van der Waals surface area contributed by atoms with Crippen molar-refractivity contribution in [3.63, 3.8) is 0 Å². The molecule has 0 fully saturated rings. The third kappa shape index (κ3) is 1.78. The van der Waals surface area contributed by atoms with E-state index < -0.39 is 10.0 Å². The highest BCUT2D eigenvalue weighted by atomic mass is 32.2. The molecule has 1 aromatic carbocycles.